The van der Waals surface area contributed by atoms with Crippen LogP contribution in [0.3, 0.4) is 0 Å². The van der Waals surface area contributed by atoms with Crippen molar-refractivity contribution in [3.8, 4) is 0 Å². The Labute approximate surface area is 93.2 Å². The van der Waals surface area contributed by atoms with E-state index in [1.807, 2.05) is 11.8 Å². The third-order valence-corrected chi connectivity index (χ3v) is 3.07. The number of ether oxygens (including phenoxy) is 1. The molecule has 0 aromatic rings. The Morgan fingerprint density at radius 2 is 1.93 bits per heavy atom. The van der Waals surface area contributed by atoms with Crippen LogP contribution in [-0.4, -0.2) is 37.8 Å². The highest BCUT2D eigenvalue weighted by molar-refractivity contribution is 7.99. The Morgan fingerprint density at radius 3 is 2.50 bits per heavy atom. The number of nitrogens with one attached hydrogen (secondary N) is 1. The summed E-state index contributed by atoms with van der Waals surface area (Å²) < 4.78 is 5.49. The zero-order chi connectivity index (χ0) is 10.8. The van der Waals surface area contributed by atoms with E-state index in [0.29, 0.717) is 5.25 Å². The second-order valence-electron chi connectivity index (χ2n) is 4.05. The lowest BCUT2D eigenvalue weighted by Crippen LogP contribution is -2.26. The van der Waals surface area contributed by atoms with Gasteiger partial charge in [-0.15, -0.1) is 0 Å². The Morgan fingerprint density at radius 1 is 1.21 bits per heavy atom. The molecule has 0 aliphatic carbocycles. The normalized spacial score (nSPS) is 13.5. The van der Waals surface area contributed by atoms with Gasteiger partial charge in [0, 0.05) is 24.9 Å². The molecule has 0 radical (unpaired) electrons. The third-order valence-electron chi connectivity index (χ3n) is 2.10. The highest BCUT2D eigenvalue weighted by atomic mass is 32.2. The first-order valence-corrected chi connectivity index (χ1v) is 6.76. The standard InChI is InChI=1S/C11H25NOS/c1-10(2)5-7-13-8-6-12-9-11(3)14-4/h10-12H,5-9H2,1-4H3. The largest absolute Gasteiger partial charge is 0.380 e. The minimum absolute atomic E-state index is 0.700. The molecule has 0 aliphatic rings. The van der Waals surface area contributed by atoms with Gasteiger partial charge in [-0.2, -0.15) is 11.8 Å². The minimum Gasteiger partial charge on any atom is -0.380 e. The van der Waals surface area contributed by atoms with Crippen molar-refractivity contribution in [2.45, 2.75) is 32.4 Å². The van der Waals surface area contributed by atoms with Gasteiger partial charge in [0.2, 0.25) is 0 Å². The predicted octanol–water partition coefficient (Wildman–Crippen LogP) is 2.39. The van der Waals surface area contributed by atoms with Crippen LogP contribution in [0.5, 0.6) is 0 Å². The summed E-state index contributed by atoms with van der Waals surface area (Å²) in [5.74, 6) is 0.750. The molecule has 2 nitrogen and oxygen atoms in total. The fourth-order valence-corrected chi connectivity index (χ4v) is 1.24. The van der Waals surface area contributed by atoms with Crippen molar-refractivity contribution in [2.24, 2.45) is 5.92 Å². The van der Waals surface area contributed by atoms with E-state index in [2.05, 4.69) is 32.3 Å². The topological polar surface area (TPSA) is 21.3 Å². The zero-order valence-electron chi connectivity index (χ0n) is 10.0. The van der Waals surface area contributed by atoms with Crippen LogP contribution in [0.15, 0.2) is 0 Å². The summed E-state index contributed by atoms with van der Waals surface area (Å²) in [6.07, 6.45) is 3.31. The molecule has 0 amide bonds. The lowest BCUT2D eigenvalue weighted by atomic mass is 10.1. The van der Waals surface area contributed by atoms with Crippen molar-refractivity contribution in [2.75, 3.05) is 32.6 Å². The quantitative estimate of drug-likeness (QED) is 0.602. The van der Waals surface area contributed by atoms with Gasteiger partial charge in [0.15, 0.2) is 0 Å². The van der Waals surface area contributed by atoms with Gasteiger partial charge in [-0.1, -0.05) is 20.8 Å². The Hall–Kier alpha value is 0.270. The summed E-state index contributed by atoms with van der Waals surface area (Å²) >= 11 is 1.89. The smallest absolute Gasteiger partial charge is 0.0590 e. The van der Waals surface area contributed by atoms with E-state index in [1.165, 1.54) is 6.42 Å². The summed E-state index contributed by atoms with van der Waals surface area (Å²) in [7, 11) is 0. The lowest BCUT2D eigenvalue weighted by Gasteiger charge is -2.10. The van der Waals surface area contributed by atoms with Crippen molar-refractivity contribution >= 4 is 11.8 Å². The fourth-order valence-electron chi connectivity index (χ4n) is 0.954. The fraction of sp³-hybridized carbons (Fsp3) is 1.00. The molecular formula is C11H25NOS. The van der Waals surface area contributed by atoms with E-state index >= 15 is 0 Å². The van der Waals surface area contributed by atoms with Crippen molar-refractivity contribution in [3.63, 3.8) is 0 Å². The molecule has 1 N–H and O–H groups in total. The number of rotatable bonds is 9. The van der Waals surface area contributed by atoms with Crippen molar-refractivity contribution < 1.29 is 4.74 Å². The summed E-state index contributed by atoms with van der Waals surface area (Å²) in [6, 6.07) is 0. The molecule has 0 heterocycles. The van der Waals surface area contributed by atoms with Gasteiger partial charge in [0.25, 0.3) is 0 Å². The summed E-state index contributed by atoms with van der Waals surface area (Å²) in [5.41, 5.74) is 0. The minimum atomic E-state index is 0.700. The highest BCUT2D eigenvalue weighted by Crippen LogP contribution is 2.02. The van der Waals surface area contributed by atoms with Crippen molar-refractivity contribution in [3.05, 3.63) is 0 Å². The summed E-state index contributed by atoms with van der Waals surface area (Å²) in [5, 5.41) is 4.08. The molecule has 0 bridgehead atoms. The molecule has 0 aromatic heterocycles. The van der Waals surface area contributed by atoms with Gasteiger partial charge in [0.1, 0.15) is 0 Å². The second-order valence-corrected chi connectivity index (χ2v) is 5.32. The van der Waals surface area contributed by atoms with Crippen LogP contribution >= 0.6 is 11.8 Å². The zero-order valence-corrected chi connectivity index (χ0v) is 10.8. The summed E-state index contributed by atoms with van der Waals surface area (Å²) in [6.45, 7) is 10.5. The first-order chi connectivity index (χ1) is 6.66. The molecule has 0 saturated heterocycles. The Bertz CT molecular complexity index is 120. The van der Waals surface area contributed by atoms with Gasteiger partial charge < -0.3 is 10.1 Å². The van der Waals surface area contributed by atoms with Crippen LogP contribution in [0, 0.1) is 5.92 Å². The molecule has 1 unspecified atom stereocenters. The van der Waals surface area contributed by atoms with Crippen molar-refractivity contribution in [1.29, 1.82) is 0 Å². The molecule has 0 rings (SSSR count). The molecule has 3 heteroatoms. The van der Waals surface area contributed by atoms with Crippen LogP contribution in [0.2, 0.25) is 0 Å². The van der Waals surface area contributed by atoms with Crippen LogP contribution in [0.4, 0.5) is 0 Å². The first-order valence-electron chi connectivity index (χ1n) is 5.48. The first kappa shape index (κ1) is 14.3. The van der Waals surface area contributed by atoms with Gasteiger partial charge >= 0.3 is 0 Å². The van der Waals surface area contributed by atoms with Crippen LogP contribution in [0.1, 0.15) is 27.2 Å². The van der Waals surface area contributed by atoms with E-state index in [-0.39, 0.29) is 0 Å². The average Bonchev–Trinajstić information content (AvgIpc) is 2.15. The SMILES string of the molecule is CSC(C)CNCCOCCC(C)C. The predicted molar refractivity (Wildman–Crippen MR) is 66.1 cm³/mol. The maximum Gasteiger partial charge on any atom is 0.0590 e. The molecule has 0 spiro atoms. The lowest BCUT2D eigenvalue weighted by molar-refractivity contribution is 0.125. The van der Waals surface area contributed by atoms with E-state index in [9.17, 15) is 0 Å². The molecule has 0 aliphatic heterocycles. The molecular weight excluding hydrogens is 194 g/mol. The van der Waals surface area contributed by atoms with Gasteiger partial charge in [-0.05, 0) is 18.6 Å². The number of hydrogen-bond acceptors (Lipinski definition) is 3. The van der Waals surface area contributed by atoms with E-state index in [1.54, 1.807) is 0 Å². The molecule has 0 saturated carbocycles. The highest BCUT2D eigenvalue weighted by Gasteiger charge is 1.97. The maximum absolute atomic E-state index is 5.49. The monoisotopic (exact) mass is 219 g/mol. The van der Waals surface area contributed by atoms with E-state index in [4.69, 9.17) is 4.74 Å². The molecule has 0 fully saturated rings. The average molecular weight is 219 g/mol. The van der Waals surface area contributed by atoms with Crippen molar-refractivity contribution in [1.82, 2.24) is 5.32 Å². The summed E-state index contributed by atoms with van der Waals surface area (Å²) in [4.78, 5) is 0. The Kier molecular flexibility index (Phi) is 10.0. The maximum atomic E-state index is 5.49. The Balaban J connectivity index is 2.99. The van der Waals surface area contributed by atoms with Gasteiger partial charge in [0.05, 0.1) is 6.61 Å². The number of thioether (sulfide) groups is 1. The van der Waals surface area contributed by atoms with Gasteiger partial charge in [-0.3, -0.25) is 0 Å². The molecule has 1 atom stereocenters. The van der Waals surface area contributed by atoms with Gasteiger partial charge in [-0.25, -0.2) is 0 Å². The van der Waals surface area contributed by atoms with Crippen LogP contribution < -0.4 is 5.32 Å². The number of hydrogen-bond donors (Lipinski definition) is 1. The van der Waals surface area contributed by atoms with E-state index < -0.39 is 0 Å². The van der Waals surface area contributed by atoms with E-state index in [0.717, 1.165) is 32.2 Å². The van der Waals surface area contributed by atoms with Crippen LogP contribution in [0.25, 0.3) is 0 Å². The second kappa shape index (κ2) is 9.81. The molecule has 86 valence electrons. The molecule has 14 heavy (non-hydrogen) atoms. The third kappa shape index (κ3) is 10.4. The molecule has 0 aromatic carbocycles. The van der Waals surface area contributed by atoms with Crippen LogP contribution in [-0.2, 0) is 4.74 Å².